The summed E-state index contributed by atoms with van der Waals surface area (Å²) in [5, 5.41) is 9.77. The third kappa shape index (κ3) is 4.79. The summed E-state index contributed by atoms with van der Waals surface area (Å²) in [6, 6.07) is 0. The predicted octanol–water partition coefficient (Wildman–Crippen LogP) is -0.437. The SMILES string of the molecule is O=C([O-])COC1=PC=C1.O=[PH2+]. The molecule has 0 radical (unpaired) electrons. The summed E-state index contributed by atoms with van der Waals surface area (Å²) in [6.07, 6.45) is 1.73. The van der Waals surface area contributed by atoms with E-state index in [1.807, 2.05) is 5.82 Å². The zero-order valence-electron chi connectivity index (χ0n) is 5.52. The van der Waals surface area contributed by atoms with Crippen LogP contribution < -0.4 is 5.11 Å². The monoisotopic (exact) mass is 192 g/mol. The molecule has 0 amide bonds. The molecule has 0 aromatic carbocycles. The molecule has 0 N–H and O–H groups in total. The smallest absolute Gasteiger partial charge is 0.310 e. The molecule has 0 bridgehead atoms. The van der Waals surface area contributed by atoms with Crippen molar-refractivity contribution in [3.05, 3.63) is 11.9 Å². The molecule has 1 heterocycles. The summed E-state index contributed by atoms with van der Waals surface area (Å²) in [5.41, 5.74) is 0.694. The Labute approximate surface area is 67.3 Å². The van der Waals surface area contributed by atoms with Gasteiger partial charge in [-0.25, -0.2) is 0 Å². The van der Waals surface area contributed by atoms with Crippen LogP contribution in [0.1, 0.15) is 0 Å². The quantitative estimate of drug-likeness (QED) is 0.568. The molecule has 0 spiro atoms. The van der Waals surface area contributed by atoms with Crippen LogP contribution in [0.4, 0.5) is 0 Å². The van der Waals surface area contributed by atoms with E-state index in [2.05, 4.69) is 0 Å². The molecule has 11 heavy (non-hydrogen) atoms. The second-order valence-corrected chi connectivity index (χ2v) is 2.44. The molecule has 0 saturated carbocycles. The molecule has 0 aromatic heterocycles. The Morgan fingerprint density at radius 2 is 2.27 bits per heavy atom. The fraction of sp³-hybridized carbons (Fsp3) is 0.200. The van der Waals surface area contributed by atoms with Crippen LogP contribution in [0.15, 0.2) is 11.9 Å². The van der Waals surface area contributed by atoms with E-state index in [1.165, 1.54) is 9.12 Å². The van der Waals surface area contributed by atoms with Gasteiger partial charge in [0, 0.05) is 0 Å². The van der Waals surface area contributed by atoms with E-state index in [0.717, 1.165) is 8.20 Å². The Balaban J connectivity index is 0.000000461. The first-order valence-corrected chi connectivity index (χ1v) is 4.03. The first-order valence-electron chi connectivity index (χ1n) is 2.59. The lowest BCUT2D eigenvalue weighted by Crippen LogP contribution is -2.28. The summed E-state index contributed by atoms with van der Waals surface area (Å²) in [7, 11) is 2.12. The Morgan fingerprint density at radius 3 is 2.55 bits per heavy atom. The maximum atomic E-state index is 9.77. The number of carboxylic acids is 1. The van der Waals surface area contributed by atoms with Gasteiger partial charge in [0.05, 0.1) is 12.6 Å². The molecule has 6 heteroatoms. The standard InChI is InChI=1S/C5H5O3P.H2OP/c6-4(7)3-8-5-1-2-9-5;1-2/h1-2H,3H2,(H,6,7);2H2/q;+1/p-1. The minimum Gasteiger partial charge on any atom is -0.548 e. The van der Waals surface area contributed by atoms with Gasteiger partial charge in [-0.05, 0) is 20.1 Å². The summed E-state index contributed by atoms with van der Waals surface area (Å²) >= 11 is 0. The van der Waals surface area contributed by atoms with Crippen LogP contribution in [0, 0.1) is 0 Å². The van der Waals surface area contributed by atoms with Crippen molar-refractivity contribution >= 4 is 28.8 Å². The first-order chi connectivity index (χ1) is 5.29. The number of hydrogen-bond acceptors (Lipinski definition) is 4. The van der Waals surface area contributed by atoms with Crippen molar-refractivity contribution in [1.29, 1.82) is 0 Å². The van der Waals surface area contributed by atoms with Gasteiger partial charge in [-0.2, -0.15) is 0 Å². The van der Waals surface area contributed by atoms with Gasteiger partial charge >= 0.3 is 9.12 Å². The third-order valence-corrected chi connectivity index (χ3v) is 1.59. The van der Waals surface area contributed by atoms with Gasteiger partial charge in [-0.3, -0.25) is 0 Å². The van der Waals surface area contributed by atoms with Crippen LogP contribution in [0.3, 0.4) is 0 Å². The molecule has 1 aliphatic heterocycles. The van der Waals surface area contributed by atoms with E-state index < -0.39 is 5.97 Å². The Kier molecular flexibility index (Phi) is 5.86. The second kappa shape index (κ2) is 6.17. The lowest BCUT2D eigenvalue weighted by atomic mass is 10.6. The molecule has 0 aromatic rings. The van der Waals surface area contributed by atoms with Gasteiger partial charge < -0.3 is 14.6 Å². The maximum Gasteiger partial charge on any atom is 0.310 e. The van der Waals surface area contributed by atoms with Crippen LogP contribution in [0.2, 0.25) is 0 Å². The third-order valence-electron chi connectivity index (χ3n) is 0.757. The molecule has 1 atom stereocenters. The highest BCUT2D eigenvalue weighted by Gasteiger charge is 1.97. The highest BCUT2D eigenvalue weighted by atomic mass is 31.1. The lowest BCUT2D eigenvalue weighted by Gasteiger charge is -2.06. The van der Waals surface area contributed by atoms with E-state index in [1.54, 1.807) is 6.08 Å². The van der Waals surface area contributed by atoms with Crippen molar-refractivity contribution < 1.29 is 19.2 Å². The van der Waals surface area contributed by atoms with Crippen molar-refractivity contribution in [1.82, 2.24) is 0 Å². The summed E-state index contributed by atoms with van der Waals surface area (Å²) in [4.78, 5) is 9.77. The largest absolute Gasteiger partial charge is 0.548 e. The lowest BCUT2D eigenvalue weighted by molar-refractivity contribution is -0.307. The Hall–Kier alpha value is -0.560. The van der Waals surface area contributed by atoms with Crippen LogP contribution in [-0.4, -0.2) is 18.1 Å². The second-order valence-electron chi connectivity index (χ2n) is 1.44. The first kappa shape index (κ1) is 10.4. The summed E-state index contributed by atoms with van der Waals surface area (Å²) in [5.74, 6) is 0.683. The number of hydrogen-bond donors (Lipinski definition) is 0. The van der Waals surface area contributed by atoms with Gasteiger partial charge in [0.25, 0.3) is 0 Å². The number of carbonyl (C=O) groups is 1. The average Bonchev–Trinajstić information content (AvgIpc) is 1.88. The fourth-order valence-corrected chi connectivity index (χ4v) is 0.764. The molecule has 1 aliphatic rings. The van der Waals surface area contributed by atoms with E-state index in [-0.39, 0.29) is 6.61 Å². The average molecular weight is 192 g/mol. The van der Waals surface area contributed by atoms with Gasteiger partial charge in [-0.1, -0.05) is 4.57 Å². The molecule has 0 fully saturated rings. The minimum atomic E-state index is -1.18. The number of rotatable bonds is 3. The van der Waals surface area contributed by atoms with Crippen molar-refractivity contribution in [2.75, 3.05) is 6.61 Å². The van der Waals surface area contributed by atoms with E-state index in [0.29, 0.717) is 5.48 Å². The molecule has 60 valence electrons. The van der Waals surface area contributed by atoms with Crippen molar-refractivity contribution in [2.24, 2.45) is 0 Å². The van der Waals surface area contributed by atoms with E-state index in [9.17, 15) is 9.90 Å². The predicted molar refractivity (Wildman–Crippen MR) is 42.4 cm³/mol. The molecule has 4 nitrogen and oxygen atoms in total. The van der Waals surface area contributed by atoms with E-state index in [4.69, 9.17) is 9.30 Å². The zero-order valence-corrected chi connectivity index (χ0v) is 7.57. The molecule has 1 rings (SSSR count). The number of ether oxygens (including phenoxy) is 1. The topological polar surface area (TPSA) is 66.4 Å². The van der Waals surface area contributed by atoms with Crippen LogP contribution in [-0.2, 0) is 14.1 Å². The molecule has 1 unspecified atom stereocenters. The maximum absolute atomic E-state index is 9.77. The van der Waals surface area contributed by atoms with Gasteiger partial charge in [0.15, 0.2) is 0 Å². The zero-order chi connectivity index (χ0) is 8.69. The minimum absolute atomic E-state index is 0.341. The van der Waals surface area contributed by atoms with Gasteiger partial charge in [0.2, 0.25) is 0 Å². The van der Waals surface area contributed by atoms with Gasteiger partial charge in [0.1, 0.15) is 5.48 Å². The number of carboxylic acid groups (broad SMARTS) is 1. The van der Waals surface area contributed by atoms with Gasteiger partial charge in [-0.15, -0.1) is 0 Å². The van der Waals surface area contributed by atoms with Crippen molar-refractivity contribution in [2.45, 2.75) is 0 Å². The normalized spacial score (nSPS) is 13.6. The Morgan fingerprint density at radius 1 is 1.73 bits per heavy atom. The molecule has 0 aliphatic carbocycles. The molecular weight excluding hydrogens is 186 g/mol. The highest BCUT2D eigenvalue weighted by molar-refractivity contribution is 7.46. The highest BCUT2D eigenvalue weighted by Crippen LogP contribution is 2.13. The molecule has 0 saturated heterocycles. The Bertz CT molecular complexity index is 199. The number of aliphatic carboxylic acids is 1. The van der Waals surface area contributed by atoms with Crippen LogP contribution >= 0.6 is 17.3 Å². The summed E-state index contributed by atoms with van der Waals surface area (Å²) in [6.45, 7) is -0.341. The van der Waals surface area contributed by atoms with Crippen LogP contribution in [0.25, 0.3) is 0 Å². The van der Waals surface area contributed by atoms with Crippen molar-refractivity contribution in [3.63, 3.8) is 0 Å². The fourth-order valence-electron chi connectivity index (χ4n) is 0.354. The van der Waals surface area contributed by atoms with Crippen LogP contribution in [0.5, 0.6) is 0 Å². The summed E-state index contributed by atoms with van der Waals surface area (Å²) < 4.78 is 12.9. The van der Waals surface area contributed by atoms with E-state index >= 15 is 0 Å². The molecular formula is C5H6O4P2. The van der Waals surface area contributed by atoms with Crippen molar-refractivity contribution in [3.8, 4) is 0 Å². The number of carbonyl (C=O) groups excluding carboxylic acids is 1.